The zero-order valence-electron chi connectivity index (χ0n) is 9.71. The number of aromatic hydroxyl groups is 1. The molecule has 2 rings (SSSR count). The largest absolute Gasteiger partial charge is 0.508 e. The Balaban J connectivity index is 1.95. The summed E-state index contributed by atoms with van der Waals surface area (Å²) >= 11 is 0. The van der Waals surface area contributed by atoms with Gasteiger partial charge in [-0.05, 0) is 36.1 Å². The average molecular weight is 227 g/mol. The minimum atomic E-state index is 0.0542. The highest BCUT2D eigenvalue weighted by atomic mass is 16.3. The molecular weight excluding hydrogens is 210 g/mol. The predicted molar refractivity (Wildman–Crippen MR) is 69.8 cm³/mol. The highest BCUT2D eigenvalue weighted by Gasteiger charge is 2.05. The first-order chi connectivity index (χ1) is 8.25. The smallest absolute Gasteiger partial charge is 0.115 e. The standard InChI is InChI=1S/C15H17NO/c16-15(13-6-2-1-3-7-13)10-9-12-5-4-8-14(17)11-12/h1-8,11,15,17H,9-10,16H2. The van der Waals surface area contributed by atoms with Crippen LogP contribution in [0.5, 0.6) is 5.75 Å². The molecule has 0 amide bonds. The van der Waals surface area contributed by atoms with Crippen molar-refractivity contribution in [3.8, 4) is 5.75 Å². The van der Waals surface area contributed by atoms with E-state index in [4.69, 9.17) is 5.73 Å². The number of phenols is 1. The maximum Gasteiger partial charge on any atom is 0.115 e. The van der Waals surface area contributed by atoms with E-state index in [-0.39, 0.29) is 6.04 Å². The van der Waals surface area contributed by atoms with Crippen molar-refractivity contribution in [1.29, 1.82) is 0 Å². The van der Waals surface area contributed by atoms with Crippen molar-refractivity contribution in [2.45, 2.75) is 18.9 Å². The molecule has 0 fully saturated rings. The van der Waals surface area contributed by atoms with Gasteiger partial charge in [0.2, 0.25) is 0 Å². The van der Waals surface area contributed by atoms with E-state index in [1.807, 2.05) is 42.5 Å². The van der Waals surface area contributed by atoms with E-state index in [0.29, 0.717) is 5.75 Å². The summed E-state index contributed by atoms with van der Waals surface area (Å²) in [5.41, 5.74) is 8.40. The van der Waals surface area contributed by atoms with Crippen LogP contribution in [-0.4, -0.2) is 5.11 Å². The van der Waals surface area contributed by atoms with Crippen molar-refractivity contribution < 1.29 is 5.11 Å². The fourth-order valence-corrected chi connectivity index (χ4v) is 1.90. The first-order valence-corrected chi connectivity index (χ1v) is 5.84. The summed E-state index contributed by atoms with van der Waals surface area (Å²) in [5.74, 6) is 0.316. The molecule has 0 spiro atoms. The third kappa shape index (κ3) is 3.33. The molecule has 2 heteroatoms. The highest BCUT2D eigenvalue weighted by molar-refractivity contribution is 5.27. The van der Waals surface area contributed by atoms with Gasteiger partial charge in [-0.15, -0.1) is 0 Å². The van der Waals surface area contributed by atoms with Crippen LogP contribution in [0.2, 0.25) is 0 Å². The van der Waals surface area contributed by atoms with E-state index in [0.717, 1.165) is 24.0 Å². The Bertz CT molecular complexity index is 467. The Morgan fingerprint density at radius 3 is 2.47 bits per heavy atom. The zero-order chi connectivity index (χ0) is 12.1. The third-order valence-corrected chi connectivity index (χ3v) is 2.88. The summed E-state index contributed by atoms with van der Waals surface area (Å²) in [5, 5.41) is 9.36. The fraction of sp³-hybridized carbons (Fsp3) is 0.200. The highest BCUT2D eigenvalue weighted by Crippen LogP contribution is 2.18. The maximum atomic E-state index is 9.36. The molecule has 0 bridgehead atoms. The minimum absolute atomic E-state index is 0.0542. The molecule has 0 heterocycles. The molecule has 2 aromatic carbocycles. The molecule has 0 aliphatic rings. The molecule has 17 heavy (non-hydrogen) atoms. The zero-order valence-corrected chi connectivity index (χ0v) is 9.71. The Morgan fingerprint density at radius 2 is 1.76 bits per heavy atom. The van der Waals surface area contributed by atoms with Crippen LogP contribution >= 0.6 is 0 Å². The van der Waals surface area contributed by atoms with Crippen LogP contribution in [0.1, 0.15) is 23.6 Å². The second-order valence-electron chi connectivity index (χ2n) is 4.23. The van der Waals surface area contributed by atoms with Gasteiger partial charge in [-0.2, -0.15) is 0 Å². The van der Waals surface area contributed by atoms with E-state index in [9.17, 15) is 5.11 Å². The van der Waals surface area contributed by atoms with Crippen LogP contribution in [0.25, 0.3) is 0 Å². The second-order valence-corrected chi connectivity index (χ2v) is 4.23. The van der Waals surface area contributed by atoms with Gasteiger partial charge in [0.25, 0.3) is 0 Å². The summed E-state index contributed by atoms with van der Waals surface area (Å²) in [6.45, 7) is 0. The normalized spacial score (nSPS) is 12.3. The lowest BCUT2D eigenvalue weighted by atomic mass is 10.00. The number of aryl methyl sites for hydroxylation is 1. The monoisotopic (exact) mass is 227 g/mol. The van der Waals surface area contributed by atoms with Crippen LogP contribution in [0.4, 0.5) is 0 Å². The van der Waals surface area contributed by atoms with Crippen LogP contribution in [0, 0.1) is 0 Å². The SMILES string of the molecule is NC(CCc1cccc(O)c1)c1ccccc1. The van der Waals surface area contributed by atoms with E-state index >= 15 is 0 Å². The van der Waals surface area contributed by atoms with E-state index in [1.54, 1.807) is 12.1 Å². The molecular formula is C15H17NO. The number of hydrogen-bond donors (Lipinski definition) is 2. The molecule has 2 aromatic rings. The van der Waals surface area contributed by atoms with Crippen LogP contribution in [0.15, 0.2) is 54.6 Å². The van der Waals surface area contributed by atoms with Gasteiger partial charge in [-0.25, -0.2) is 0 Å². The van der Waals surface area contributed by atoms with Crippen LogP contribution < -0.4 is 5.73 Å². The van der Waals surface area contributed by atoms with Gasteiger partial charge in [0.15, 0.2) is 0 Å². The quantitative estimate of drug-likeness (QED) is 0.843. The van der Waals surface area contributed by atoms with Gasteiger partial charge in [-0.3, -0.25) is 0 Å². The maximum absolute atomic E-state index is 9.36. The van der Waals surface area contributed by atoms with E-state index in [1.165, 1.54) is 0 Å². The van der Waals surface area contributed by atoms with Gasteiger partial charge in [0, 0.05) is 6.04 Å². The lowest BCUT2D eigenvalue weighted by Gasteiger charge is -2.11. The molecule has 0 aliphatic heterocycles. The second kappa shape index (κ2) is 5.51. The molecule has 0 saturated heterocycles. The fourth-order valence-electron chi connectivity index (χ4n) is 1.90. The van der Waals surface area contributed by atoms with Crippen molar-refractivity contribution in [2.75, 3.05) is 0 Å². The Hall–Kier alpha value is -1.80. The lowest BCUT2D eigenvalue weighted by Crippen LogP contribution is -2.11. The van der Waals surface area contributed by atoms with Crippen LogP contribution in [-0.2, 0) is 6.42 Å². The summed E-state index contributed by atoms with van der Waals surface area (Å²) in [6.07, 6.45) is 1.76. The Labute approximate surface area is 102 Å². The molecule has 1 atom stereocenters. The van der Waals surface area contributed by atoms with Gasteiger partial charge in [0.1, 0.15) is 5.75 Å². The van der Waals surface area contributed by atoms with Crippen molar-refractivity contribution in [2.24, 2.45) is 5.73 Å². The molecule has 0 saturated carbocycles. The number of benzene rings is 2. The first-order valence-electron chi connectivity index (χ1n) is 5.84. The first kappa shape index (κ1) is 11.7. The number of hydrogen-bond acceptors (Lipinski definition) is 2. The molecule has 0 aromatic heterocycles. The Morgan fingerprint density at radius 1 is 1.00 bits per heavy atom. The lowest BCUT2D eigenvalue weighted by molar-refractivity contribution is 0.474. The van der Waals surface area contributed by atoms with Gasteiger partial charge in [-0.1, -0.05) is 42.5 Å². The summed E-state index contributed by atoms with van der Waals surface area (Å²) in [4.78, 5) is 0. The summed E-state index contributed by atoms with van der Waals surface area (Å²) in [7, 11) is 0. The van der Waals surface area contributed by atoms with E-state index in [2.05, 4.69) is 0 Å². The van der Waals surface area contributed by atoms with Crippen molar-refractivity contribution in [1.82, 2.24) is 0 Å². The average Bonchev–Trinajstić information content (AvgIpc) is 2.37. The molecule has 3 N–H and O–H groups in total. The predicted octanol–water partition coefficient (Wildman–Crippen LogP) is 3.02. The Kier molecular flexibility index (Phi) is 3.78. The van der Waals surface area contributed by atoms with Gasteiger partial charge in [0.05, 0.1) is 0 Å². The molecule has 88 valence electrons. The van der Waals surface area contributed by atoms with Crippen molar-refractivity contribution in [3.63, 3.8) is 0 Å². The van der Waals surface area contributed by atoms with Gasteiger partial charge >= 0.3 is 0 Å². The number of nitrogens with two attached hydrogens (primary N) is 1. The van der Waals surface area contributed by atoms with Crippen molar-refractivity contribution in [3.05, 3.63) is 65.7 Å². The minimum Gasteiger partial charge on any atom is -0.508 e. The van der Waals surface area contributed by atoms with E-state index < -0.39 is 0 Å². The topological polar surface area (TPSA) is 46.2 Å². The molecule has 0 radical (unpaired) electrons. The summed E-state index contributed by atoms with van der Waals surface area (Å²) in [6, 6.07) is 17.5. The summed E-state index contributed by atoms with van der Waals surface area (Å²) < 4.78 is 0. The third-order valence-electron chi connectivity index (χ3n) is 2.88. The molecule has 0 aliphatic carbocycles. The van der Waals surface area contributed by atoms with Crippen LogP contribution in [0.3, 0.4) is 0 Å². The number of rotatable bonds is 4. The molecule has 2 nitrogen and oxygen atoms in total. The van der Waals surface area contributed by atoms with Gasteiger partial charge < -0.3 is 10.8 Å². The number of phenolic OH excluding ortho intramolecular Hbond substituents is 1. The molecule has 1 unspecified atom stereocenters. The van der Waals surface area contributed by atoms with Crippen molar-refractivity contribution >= 4 is 0 Å².